The van der Waals surface area contributed by atoms with Gasteiger partial charge in [-0.2, -0.15) is 0 Å². The molecule has 0 aliphatic heterocycles. The number of sulfone groups is 1. The third-order valence-corrected chi connectivity index (χ3v) is 6.36. The summed E-state index contributed by atoms with van der Waals surface area (Å²) in [5, 5.41) is 5.32. The van der Waals surface area contributed by atoms with Crippen LogP contribution in [0.15, 0.2) is 65.6 Å². The quantitative estimate of drug-likeness (QED) is 0.631. The summed E-state index contributed by atoms with van der Waals surface area (Å²) in [6.07, 6.45) is -0.101. The lowest BCUT2D eigenvalue weighted by molar-refractivity contribution is -0.120. The molecule has 5 nitrogen and oxygen atoms in total. The molecule has 0 aromatic heterocycles. The van der Waals surface area contributed by atoms with Crippen molar-refractivity contribution >= 4 is 38.1 Å². The fraction of sp³-hybridized carbons (Fsp3) is 0.190. The third-order valence-electron chi connectivity index (χ3n) is 4.37. The van der Waals surface area contributed by atoms with Gasteiger partial charge in [0.15, 0.2) is 9.84 Å². The van der Waals surface area contributed by atoms with E-state index in [2.05, 4.69) is 5.32 Å². The minimum absolute atomic E-state index is 0.101. The molecule has 3 aromatic rings. The van der Waals surface area contributed by atoms with Crippen LogP contribution in [0.2, 0.25) is 5.02 Å². The van der Waals surface area contributed by atoms with Gasteiger partial charge in [0.25, 0.3) is 0 Å². The zero-order valence-electron chi connectivity index (χ0n) is 15.3. The Morgan fingerprint density at radius 2 is 1.68 bits per heavy atom. The molecular weight excluding hydrogens is 398 g/mol. The minimum Gasteiger partial charge on any atom is -0.497 e. The van der Waals surface area contributed by atoms with Gasteiger partial charge in [-0.15, -0.1) is 0 Å². The molecule has 0 fully saturated rings. The molecule has 0 aliphatic rings. The van der Waals surface area contributed by atoms with E-state index in [0.29, 0.717) is 11.6 Å². The normalized spacial score (nSPS) is 11.4. The molecule has 0 unspecified atom stereocenters. The van der Waals surface area contributed by atoms with Crippen molar-refractivity contribution in [2.45, 2.75) is 17.9 Å². The van der Waals surface area contributed by atoms with Gasteiger partial charge in [-0.05, 0) is 58.8 Å². The Hall–Kier alpha value is -2.57. The first kappa shape index (κ1) is 20.2. The second-order valence-electron chi connectivity index (χ2n) is 6.35. The molecule has 146 valence electrons. The Bertz CT molecular complexity index is 1100. The van der Waals surface area contributed by atoms with Crippen molar-refractivity contribution in [3.05, 3.63) is 71.2 Å². The van der Waals surface area contributed by atoms with Crippen molar-refractivity contribution in [1.29, 1.82) is 0 Å². The first-order chi connectivity index (χ1) is 13.4. The number of amides is 1. The summed E-state index contributed by atoms with van der Waals surface area (Å²) in [6.45, 7) is 0.335. The lowest BCUT2D eigenvalue weighted by Crippen LogP contribution is -2.25. The van der Waals surface area contributed by atoms with Crippen LogP contribution in [0.25, 0.3) is 10.8 Å². The zero-order valence-corrected chi connectivity index (χ0v) is 16.9. The SMILES string of the molecule is COc1ccc2cc(CNC(=O)CCS(=O)(=O)c3ccc(Cl)cc3)ccc2c1. The van der Waals surface area contributed by atoms with Crippen LogP contribution in [0, 0.1) is 0 Å². The predicted molar refractivity (Wildman–Crippen MR) is 110 cm³/mol. The van der Waals surface area contributed by atoms with Gasteiger partial charge < -0.3 is 10.1 Å². The van der Waals surface area contributed by atoms with E-state index >= 15 is 0 Å². The summed E-state index contributed by atoms with van der Waals surface area (Å²) >= 11 is 5.78. The fourth-order valence-corrected chi connectivity index (χ4v) is 4.15. The summed E-state index contributed by atoms with van der Waals surface area (Å²) in [5.41, 5.74) is 0.937. The van der Waals surface area contributed by atoms with Crippen LogP contribution in [-0.4, -0.2) is 27.2 Å². The summed E-state index contributed by atoms with van der Waals surface area (Å²) in [4.78, 5) is 12.2. The van der Waals surface area contributed by atoms with Crippen LogP contribution in [0.4, 0.5) is 0 Å². The van der Waals surface area contributed by atoms with E-state index in [-0.39, 0.29) is 23.0 Å². The van der Waals surface area contributed by atoms with Gasteiger partial charge in [-0.3, -0.25) is 4.79 Å². The second-order valence-corrected chi connectivity index (χ2v) is 8.89. The van der Waals surface area contributed by atoms with Crippen LogP contribution in [0.5, 0.6) is 5.75 Å². The molecule has 28 heavy (non-hydrogen) atoms. The van der Waals surface area contributed by atoms with Crippen LogP contribution in [0.3, 0.4) is 0 Å². The van der Waals surface area contributed by atoms with Crippen molar-refractivity contribution in [3.63, 3.8) is 0 Å². The van der Waals surface area contributed by atoms with Crippen molar-refractivity contribution < 1.29 is 17.9 Å². The van der Waals surface area contributed by atoms with Crippen molar-refractivity contribution in [2.24, 2.45) is 0 Å². The molecule has 7 heteroatoms. The number of benzene rings is 3. The summed E-state index contributed by atoms with van der Waals surface area (Å²) in [6, 6.07) is 17.6. The highest BCUT2D eigenvalue weighted by Crippen LogP contribution is 2.22. The van der Waals surface area contributed by atoms with E-state index in [9.17, 15) is 13.2 Å². The molecule has 0 spiro atoms. The van der Waals surface area contributed by atoms with E-state index < -0.39 is 9.84 Å². The number of fused-ring (bicyclic) bond motifs is 1. The van der Waals surface area contributed by atoms with Gasteiger partial charge in [-0.1, -0.05) is 29.8 Å². The van der Waals surface area contributed by atoms with E-state index in [1.54, 1.807) is 7.11 Å². The Kier molecular flexibility index (Phi) is 6.21. The number of carbonyl (C=O) groups excluding carboxylic acids is 1. The first-order valence-corrected chi connectivity index (χ1v) is 10.7. The standard InChI is InChI=1S/C21H20ClNO4S/c1-27-19-7-4-16-12-15(2-3-17(16)13-19)14-23-21(24)10-11-28(25,26)20-8-5-18(22)6-9-20/h2-9,12-13H,10-11,14H2,1H3,(H,23,24). The van der Waals surface area contributed by atoms with Crippen molar-refractivity contribution in [3.8, 4) is 5.75 Å². The van der Waals surface area contributed by atoms with E-state index in [1.165, 1.54) is 24.3 Å². The Balaban J connectivity index is 1.56. The highest BCUT2D eigenvalue weighted by Gasteiger charge is 2.16. The number of rotatable bonds is 7. The average molecular weight is 418 g/mol. The number of hydrogen-bond acceptors (Lipinski definition) is 4. The molecular formula is C21H20ClNO4S. The van der Waals surface area contributed by atoms with Gasteiger partial charge in [0.2, 0.25) is 5.91 Å². The number of methoxy groups -OCH3 is 1. The van der Waals surface area contributed by atoms with Gasteiger partial charge in [0, 0.05) is 18.0 Å². The molecule has 3 aromatic carbocycles. The smallest absolute Gasteiger partial charge is 0.221 e. The molecule has 0 radical (unpaired) electrons. The number of carbonyl (C=O) groups is 1. The number of nitrogens with one attached hydrogen (secondary N) is 1. The maximum Gasteiger partial charge on any atom is 0.221 e. The van der Waals surface area contributed by atoms with E-state index in [1.807, 2.05) is 36.4 Å². The average Bonchev–Trinajstić information content (AvgIpc) is 2.70. The highest BCUT2D eigenvalue weighted by molar-refractivity contribution is 7.91. The third kappa shape index (κ3) is 5.03. The predicted octanol–water partition coefficient (Wildman–Crippen LogP) is 3.98. The molecule has 0 aliphatic carbocycles. The maximum atomic E-state index is 12.3. The fourth-order valence-electron chi connectivity index (χ4n) is 2.79. The van der Waals surface area contributed by atoms with Gasteiger partial charge in [0.1, 0.15) is 5.75 Å². The highest BCUT2D eigenvalue weighted by atomic mass is 35.5. The minimum atomic E-state index is -3.52. The molecule has 1 amide bonds. The molecule has 0 saturated carbocycles. The lowest BCUT2D eigenvalue weighted by atomic mass is 10.1. The van der Waals surface area contributed by atoms with Crippen molar-refractivity contribution in [1.82, 2.24) is 5.32 Å². The van der Waals surface area contributed by atoms with Gasteiger partial charge in [-0.25, -0.2) is 8.42 Å². The van der Waals surface area contributed by atoms with Crippen LogP contribution in [0.1, 0.15) is 12.0 Å². The number of ether oxygens (including phenoxy) is 1. The number of hydrogen-bond donors (Lipinski definition) is 1. The van der Waals surface area contributed by atoms with Crippen LogP contribution in [-0.2, 0) is 21.2 Å². The van der Waals surface area contributed by atoms with Crippen LogP contribution >= 0.6 is 11.6 Å². The van der Waals surface area contributed by atoms with E-state index in [0.717, 1.165) is 22.1 Å². The maximum absolute atomic E-state index is 12.3. The molecule has 0 saturated heterocycles. The second kappa shape index (κ2) is 8.63. The molecule has 1 N–H and O–H groups in total. The largest absolute Gasteiger partial charge is 0.497 e. The number of halogens is 1. The van der Waals surface area contributed by atoms with Gasteiger partial charge >= 0.3 is 0 Å². The lowest BCUT2D eigenvalue weighted by Gasteiger charge is -2.08. The molecule has 3 rings (SSSR count). The zero-order chi connectivity index (χ0) is 20.1. The first-order valence-electron chi connectivity index (χ1n) is 8.69. The molecule has 0 atom stereocenters. The van der Waals surface area contributed by atoms with E-state index in [4.69, 9.17) is 16.3 Å². The van der Waals surface area contributed by atoms with Gasteiger partial charge in [0.05, 0.1) is 17.8 Å². The Morgan fingerprint density at radius 3 is 2.39 bits per heavy atom. The summed E-state index contributed by atoms with van der Waals surface area (Å²) in [7, 11) is -1.90. The molecule has 0 heterocycles. The topological polar surface area (TPSA) is 72.5 Å². The summed E-state index contributed by atoms with van der Waals surface area (Å²) < 4.78 is 29.8. The summed E-state index contributed by atoms with van der Waals surface area (Å²) in [5.74, 6) is 0.223. The molecule has 0 bridgehead atoms. The van der Waals surface area contributed by atoms with Crippen LogP contribution < -0.4 is 10.1 Å². The Labute approximate surface area is 169 Å². The monoisotopic (exact) mass is 417 g/mol. The van der Waals surface area contributed by atoms with Crippen molar-refractivity contribution in [2.75, 3.05) is 12.9 Å². The Morgan fingerprint density at radius 1 is 1.00 bits per heavy atom.